The van der Waals surface area contributed by atoms with Crippen LogP contribution in [0.1, 0.15) is 72.1 Å². The highest BCUT2D eigenvalue weighted by atomic mass is 16.6. The molecule has 1 N–H and O–H groups in total. The minimum atomic E-state index is -1.30. The summed E-state index contributed by atoms with van der Waals surface area (Å²) in [6, 6.07) is 16.9. The number of nitrogens with zero attached hydrogens (tertiary/aromatic N) is 4. The minimum absolute atomic E-state index is 0.0910. The van der Waals surface area contributed by atoms with E-state index in [1.54, 1.807) is 0 Å². The van der Waals surface area contributed by atoms with E-state index in [1.807, 2.05) is 31.2 Å². The maximum atomic E-state index is 15.2. The van der Waals surface area contributed by atoms with Crippen molar-refractivity contribution in [3.05, 3.63) is 106 Å². The van der Waals surface area contributed by atoms with Crippen LogP contribution in [0.5, 0.6) is 11.5 Å². The average molecular weight is 795 g/mol. The number of anilines is 2. The first-order valence-corrected chi connectivity index (χ1v) is 21.2. The zero-order valence-corrected chi connectivity index (χ0v) is 33.6. The Labute approximate surface area is 341 Å². The van der Waals surface area contributed by atoms with Gasteiger partial charge in [0, 0.05) is 55.0 Å². The van der Waals surface area contributed by atoms with Gasteiger partial charge in [-0.15, -0.1) is 0 Å². The Morgan fingerprint density at radius 2 is 1.22 bits per heavy atom. The summed E-state index contributed by atoms with van der Waals surface area (Å²) in [6.45, 7) is 6.98. The molecule has 10 atom stereocenters. The number of carbonyl (C=O) groups is 3. The lowest BCUT2D eigenvalue weighted by atomic mass is 9.54. The van der Waals surface area contributed by atoms with Gasteiger partial charge in [0.2, 0.25) is 11.4 Å². The Morgan fingerprint density at radius 3 is 1.73 bits per heavy atom. The Hall–Kier alpha value is -5.33. The summed E-state index contributed by atoms with van der Waals surface area (Å²) < 4.78 is 25.8. The third kappa shape index (κ3) is 3.36. The van der Waals surface area contributed by atoms with Gasteiger partial charge >= 0.3 is 17.9 Å². The van der Waals surface area contributed by atoms with E-state index in [-0.39, 0.29) is 52.9 Å². The normalized spacial score (nSPS) is 39.6. The molecule has 4 bridgehead atoms. The monoisotopic (exact) mass is 794 g/mol. The molecule has 2 spiro atoms. The largest absolute Gasteiger partial charge is 0.504 e. The molecular formula is C47H46N4O8. The van der Waals surface area contributed by atoms with E-state index in [0.717, 1.165) is 41.2 Å². The first-order valence-electron chi connectivity index (χ1n) is 21.2. The molecule has 10 aliphatic heterocycles. The van der Waals surface area contributed by atoms with Gasteiger partial charge in [-0.05, 0) is 74.4 Å². The zero-order chi connectivity index (χ0) is 40.1. The summed E-state index contributed by atoms with van der Waals surface area (Å²) in [5.41, 5.74) is 3.68. The fourth-order valence-electron chi connectivity index (χ4n) is 15.1. The van der Waals surface area contributed by atoms with Crippen molar-refractivity contribution in [1.29, 1.82) is 0 Å². The summed E-state index contributed by atoms with van der Waals surface area (Å²) >= 11 is 0. The van der Waals surface area contributed by atoms with E-state index in [1.165, 1.54) is 25.4 Å². The number of phenols is 1. The highest BCUT2D eigenvalue weighted by molar-refractivity contribution is 6.02. The molecule has 3 aromatic carbocycles. The van der Waals surface area contributed by atoms with E-state index in [0.29, 0.717) is 44.3 Å². The van der Waals surface area contributed by atoms with Crippen LogP contribution >= 0.6 is 0 Å². The van der Waals surface area contributed by atoms with E-state index >= 15 is 4.79 Å². The number of rotatable bonds is 2. The molecule has 0 aliphatic carbocycles. The molecule has 6 fully saturated rings. The Balaban J connectivity index is 1.11. The molecule has 10 heterocycles. The van der Waals surface area contributed by atoms with E-state index in [4.69, 9.17) is 18.9 Å². The van der Waals surface area contributed by atoms with Crippen LogP contribution in [-0.4, -0.2) is 109 Å². The predicted molar refractivity (Wildman–Crippen MR) is 214 cm³/mol. The van der Waals surface area contributed by atoms with Crippen molar-refractivity contribution < 1.29 is 38.4 Å². The van der Waals surface area contributed by atoms with Crippen molar-refractivity contribution in [3.8, 4) is 11.5 Å². The standard InChI is InChI=1S/C47H46N4O8/c1-5-24-22-48-18-16-45-29-12-8-10-14-33(29)50-37(42(54)56-3)26(24)19-34(48)46(45,50)58-40-31(45)21-30-36(39(40)52)41(53)59-47-35-20-27-25(6-2)23-49(35)17-15-44(30,47)28-11-7-9-13-32(28)51(47)38(27)43(55)57-4/h5-14,21,26-27,34-35,37-38,52H,15-20,22-23H2,1-4H3/b24-5-,25-6-/t26-,27-,34-,35-,37-,38-,44-,45+,46-,47-/m0/s1. The van der Waals surface area contributed by atoms with Gasteiger partial charge in [-0.3, -0.25) is 9.80 Å². The van der Waals surface area contributed by atoms with Crippen LogP contribution < -0.4 is 14.5 Å². The molecule has 12 heteroatoms. The first kappa shape index (κ1) is 34.5. The van der Waals surface area contributed by atoms with Crippen LogP contribution in [0, 0.1) is 11.8 Å². The maximum Gasteiger partial charge on any atom is 0.344 e. The Bertz CT molecular complexity index is 2570. The SMILES string of the molecule is C/C=C1/CN2CC[C@@]34c5ccccc5N5[C@H](C(=O)OC)[C@H]1C[C@H]2[C@@]53OC(=O)c1c4cc2c(c1O)O[C@@]13[C@@H]4C[C@H]5/C(=C\C)CN4CC[C@@]21c1ccccc1N3[C@@H]5C(=O)OC. The molecule has 59 heavy (non-hydrogen) atoms. The molecule has 13 rings (SSSR count). The third-order valence-electron chi connectivity index (χ3n) is 17.0. The molecule has 6 saturated heterocycles. The summed E-state index contributed by atoms with van der Waals surface area (Å²) in [4.78, 5) is 52.9. The molecule has 302 valence electrons. The van der Waals surface area contributed by atoms with Gasteiger partial charge < -0.3 is 33.9 Å². The van der Waals surface area contributed by atoms with Gasteiger partial charge in [-0.2, -0.15) is 0 Å². The lowest BCUT2D eigenvalue weighted by molar-refractivity contribution is -0.174. The number of allylic oxidation sites excluding steroid dienone is 2. The van der Waals surface area contributed by atoms with Gasteiger partial charge in [0.15, 0.2) is 11.5 Å². The van der Waals surface area contributed by atoms with Crippen molar-refractivity contribution in [2.75, 3.05) is 50.2 Å². The van der Waals surface area contributed by atoms with Crippen LogP contribution in [0.15, 0.2) is 77.9 Å². The second kappa shape index (κ2) is 10.9. The number of fused-ring (bicyclic) bond motifs is 8. The molecular weight excluding hydrogens is 749 g/mol. The van der Waals surface area contributed by atoms with Crippen molar-refractivity contribution in [2.45, 2.75) is 86.0 Å². The predicted octanol–water partition coefficient (Wildman–Crippen LogP) is 4.75. The topological polar surface area (TPSA) is 121 Å². The molecule has 12 nitrogen and oxygen atoms in total. The van der Waals surface area contributed by atoms with Crippen LogP contribution in [0.2, 0.25) is 0 Å². The number of hydrogen-bond donors (Lipinski definition) is 1. The van der Waals surface area contributed by atoms with Crippen LogP contribution in [0.4, 0.5) is 11.4 Å². The van der Waals surface area contributed by atoms with Crippen molar-refractivity contribution in [3.63, 3.8) is 0 Å². The highest BCUT2D eigenvalue weighted by Crippen LogP contribution is 2.75. The maximum absolute atomic E-state index is 15.2. The summed E-state index contributed by atoms with van der Waals surface area (Å²) in [7, 11) is 2.89. The molecule has 0 aromatic heterocycles. The summed E-state index contributed by atoms with van der Waals surface area (Å²) in [6.07, 6.45) is 6.83. The van der Waals surface area contributed by atoms with Crippen molar-refractivity contribution in [1.82, 2.24) is 9.80 Å². The number of aromatic hydroxyl groups is 1. The number of hydrogen-bond acceptors (Lipinski definition) is 12. The summed E-state index contributed by atoms with van der Waals surface area (Å²) in [5.74, 6) is -1.49. The second-order valence-electron chi connectivity index (χ2n) is 18.3. The van der Waals surface area contributed by atoms with E-state index in [9.17, 15) is 14.7 Å². The quantitative estimate of drug-likeness (QED) is 0.219. The Morgan fingerprint density at radius 1 is 0.729 bits per heavy atom. The molecule has 3 aromatic rings. The van der Waals surface area contributed by atoms with Crippen LogP contribution in [0.3, 0.4) is 0 Å². The van der Waals surface area contributed by atoms with Gasteiger partial charge in [-0.25, -0.2) is 14.4 Å². The summed E-state index contributed by atoms with van der Waals surface area (Å²) in [5, 5.41) is 12.9. The number of piperidine rings is 6. The minimum Gasteiger partial charge on any atom is -0.504 e. The lowest BCUT2D eigenvalue weighted by Crippen LogP contribution is -2.82. The smallest absolute Gasteiger partial charge is 0.344 e. The van der Waals surface area contributed by atoms with E-state index in [2.05, 4.69) is 69.0 Å². The number of esters is 3. The fraction of sp³-hybridized carbons (Fsp3) is 0.468. The molecule has 0 unspecified atom stereocenters. The van der Waals surface area contributed by atoms with Crippen molar-refractivity contribution in [2.24, 2.45) is 11.8 Å². The number of benzene rings is 3. The fourth-order valence-corrected chi connectivity index (χ4v) is 15.1. The lowest BCUT2D eigenvalue weighted by Gasteiger charge is -2.67. The van der Waals surface area contributed by atoms with Gasteiger partial charge in [-0.1, -0.05) is 59.7 Å². The van der Waals surface area contributed by atoms with Crippen molar-refractivity contribution >= 4 is 29.3 Å². The molecule has 0 radical (unpaired) electrons. The number of ether oxygens (including phenoxy) is 4. The third-order valence-corrected chi connectivity index (χ3v) is 17.0. The number of methoxy groups -OCH3 is 2. The van der Waals surface area contributed by atoms with Gasteiger partial charge in [0.1, 0.15) is 17.6 Å². The molecule has 0 amide bonds. The number of carbonyl (C=O) groups excluding carboxylic acids is 3. The number of phenolic OH excluding ortho intramolecular Hbond substituents is 1. The first-order chi connectivity index (χ1) is 28.7. The van der Waals surface area contributed by atoms with Crippen LogP contribution in [0.25, 0.3) is 0 Å². The molecule has 10 aliphatic rings. The highest BCUT2D eigenvalue weighted by Gasteiger charge is 2.82. The van der Waals surface area contributed by atoms with Crippen LogP contribution in [-0.2, 0) is 34.6 Å². The molecule has 0 saturated carbocycles. The van der Waals surface area contributed by atoms with Gasteiger partial charge in [0.05, 0.1) is 37.1 Å². The Kier molecular flexibility index (Phi) is 6.37. The average Bonchev–Trinajstić information content (AvgIpc) is 3.81. The number of para-hydroxylation sites is 2. The zero-order valence-electron chi connectivity index (χ0n) is 33.6. The second-order valence-corrected chi connectivity index (χ2v) is 18.3. The van der Waals surface area contributed by atoms with E-state index < -0.39 is 40.3 Å². The van der Waals surface area contributed by atoms with Gasteiger partial charge in [0.25, 0.3) is 0 Å².